The van der Waals surface area contributed by atoms with Crippen molar-refractivity contribution in [1.29, 1.82) is 0 Å². The average Bonchev–Trinajstić information content (AvgIpc) is 2.29. The summed E-state index contributed by atoms with van der Waals surface area (Å²) >= 11 is 0. The number of hydrogen-bond donors (Lipinski definition) is 1. The predicted octanol–water partition coefficient (Wildman–Crippen LogP) is 0.114. The zero-order valence-electron chi connectivity index (χ0n) is 10.7. The van der Waals surface area contributed by atoms with Gasteiger partial charge in [-0.2, -0.15) is 17.0 Å². The van der Waals surface area contributed by atoms with Crippen LogP contribution in [0.25, 0.3) is 0 Å². The molecule has 0 amide bonds. The Kier molecular flexibility index (Phi) is 4.07. The van der Waals surface area contributed by atoms with Crippen LogP contribution in [-0.2, 0) is 10.2 Å². The van der Waals surface area contributed by atoms with Crippen LogP contribution in [0, 0.1) is 11.8 Å². The van der Waals surface area contributed by atoms with Gasteiger partial charge in [0.15, 0.2) is 0 Å². The number of hydrogen-bond acceptors (Lipinski definition) is 3. The average molecular weight is 261 g/mol. The van der Waals surface area contributed by atoms with Gasteiger partial charge >= 0.3 is 0 Å². The summed E-state index contributed by atoms with van der Waals surface area (Å²) in [6.45, 7) is 8.35. The van der Waals surface area contributed by atoms with Crippen LogP contribution in [0.15, 0.2) is 0 Å². The molecule has 17 heavy (non-hydrogen) atoms. The molecule has 2 aliphatic heterocycles. The minimum absolute atomic E-state index is 0.469. The summed E-state index contributed by atoms with van der Waals surface area (Å²) in [5.74, 6) is 0.938. The van der Waals surface area contributed by atoms with Crippen molar-refractivity contribution in [3.8, 4) is 0 Å². The normalized spacial score (nSPS) is 33.8. The van der Waals surface area contributed by atoms with E-state index in [1.165, 1.54) is 0 Å². The van der Waals surface area contributed by atoms with Crippen LogP contribution >= 0.6 is 0 Å². The van der Waals surface area contributed by atoms with Crippen molar-refractivity contribution in [1.82, 2.24) is 13.9 Å². The van der Waals surface area contributed by atoms with Gasteiger partial charge < -0.3 is 5.32 Å². The number of piperidine rings is 1. The molecular formula is C11H23N3O2S. The fraction of sp³-hybridized carbons (Fsp3) is 1.00. The van der Waals surface area contributed by atoms with Gasteiger partial charge in [0.1, 0.15) is 0 Å². The van der Waals surface area contributed by atoms with E-state index in [1.807, 2.05) is 0 Å². The summed E-state index contributed by atoms with van der Waals surface area (Å²) in [5.41, 5.74) is 0. The third-order valence-electron chi connectivity index (χ3n) is 3.56. The van der Waals surface area contributed by atoms with Crippen molar-refractivity contribution < 1.29 is 8.42 Å². The molecule has 0 radical (unpaired) electrons. The highest BCUT2D eigenvalue weighted by Crippen LogP contribution is 2.24. The molecule has 6 heteroatoms. The minimum Gasteiger partial charge on any atom is -0.314 e. The molecule has 1 N–H and O–H groups in total. The monoisotopic (exact) mass is 261 g/mol. The van der Waals surface area contributed by atoms with E-state index in [-0.39, 0.29) is 0 Å². The van der Waals surface area contributed by atoms with E-state index in [2.05, 4.69) is 19.2 Å². The van der Waals surface area contributed by atoms with Crippen molar-refractivity contribution >= 4 is 10.2 Å². The molecule has 0 unspecified atom stereocenters. The molecule has 0 saturated carbocycles. The predicted molar refractivity (Wildman–Crippen MR) is 67.9 cm³/mol. The highest BCUT2D eigenvalue weighted by molar-refractivity contribution is 7.86. The van der Waals surface area contributed by atoms with Crippen molar-refractivity contribution in [2.45, 2.75) is 20.3 Å². The molecule has 0 aromatic rings. The summed E-state index contributed by atoms with van der Waals surface area (Å²) in [5, 5.41) is 3.18. The molecule has 0 bridgehead atoms. The second-order valence-electron chi connectivity index (χ2n) is 5.42. The second-order valence-corrected chi connectivity index (χ2v) is 7.35. The number of rotatable bonds is 2. The number of piperazine rings is 1. The Morgan fingerprint density at radius 1 is 1.00 bits per heavy atom. The molecule has 5 nitrogen and oxygen atoms in total. The maximum atomic E-state index is 12.5. The zero-order chi connectivity index (χ0) is 12.5. The molecule has 2 fully saturated rings. The lowest BCUT2D eigenvalue weighted by Crippen LogP contribution is -2.54. The highest BCUT2D eigenvalue weighted by Gasteiger charge is 2.35. The maximum absolute atomic E-state index is 12.5. The highest BCUT2D eigenvalue weighted by atomic mass is 32.2. The number of nitrogens with zero attached hydrogens (tertiary/aromatic N) is 2. The van der Waals surface area contributed by atoms with Crippen LogP contribution in [0.1, 0.15) is 20.3 Å². The lowest BCUT2D eigenvalue weighted by atomic mass is 9.94. The van der Waals surface area contributed by atoms with Crippen LogP contribution in [-0.4, -0.2) is 56.3 Å². The molecule has 2 aliphatic rings. The Bertz CT molecular complexity index is 342. The van der Waals surface area contributed by atoms with E-state index >= 15 is 0 Å². The van der Waals surface area contributed by atoms with Crippen LogP contribution < -0.4 is 5.32 Å². The van der Waals surface area contributed by atoms with E-state index in [0.717, 1.165) is 19.5 Å². The molecule has 2 heterocycles. The van der Waals surface area contributed by atoms with Gasteiger partial charge in [0.2, 0.25) is 0 Å². The molecule has 100 valence electrons. The van der Waals surface area contributed by atoms with E-state index in [4.69, 9.17) is 0 Å². The van der Waals surface area contributed by atoms with Crippen molar-refractivity contribution in [2.24, 2.45) is 11.8 Å². The molecule has 0 aromatic heterocycles. The Hall–Kier alpha value is -0.170. The molecule has 2 atom stereocenters. The Labute approximate surface area is 104 Å². The first-order chi connectivity index (χ1) is 8.00. The molecule has 2 rings (SSSR count). The smallest absolute Gasteiger partial charge is 0.282 e. The van der Waals surface area contributed by atoms with Crippen molar-refractivity contribution in [3.05, 3.63) is 0 Å². The summed E-state index contributed by atoms with van der Waals surface area (Å²) in [6.07, 6.45) is 1.13. The van der Waals surface area contributed by atoms with Gasteiger partial charge in [-0.25, -0.2) is 0 Å². The second kappa shape index (κ2) is 5.22. The van der Waals surface area contributed by atoms with Crippen LogP contribution in [0.2, 0.25) is 0 Å². The third-order valence-corrected chi connectivity index (χ3v) is 5.53. The Morgan fingerprint density at radius 2 is 1.53 bits per heavy atom. The minimum atomic E-state index is -3.22. The van der Waals surface area contributed by atoms with Crippen LogP contribution in [0.5, 0.6) is 0 Å². The summed E-state index contributed by atoms with van der Waals surface area (Å²) in [6, 6.07) is 0. The van der Waals surface area contributed by atoms with Gasteiger partial charge in [-0.3, -0.25) is 0 Å². The van der Waals surface area contributed by atoms with E-state index in [1.54, 1.807) is 8.61 Å². The van der Waals surface area contributed by atoms with Gasteiger partial charge in [0.25, 0.3) is 10.2 Å². The first-order valence-electron chi connectivity index (χ1n) is 6.46. The molecule has 0 aliphatic carbocycles. The van der Waals surface area contributed by atoms with Crippen LogP contribution in [0.4, 0.5) is 0 Å². The lowest BCUT2D eigenvalue weighted by Gasteiger charge is -2.38. The summed E-state index contributed by atoms with van der Waals surface area (Å²) in [7, 11) is -3.22. The zero-order valence-corrected chi connectivity index (χ0v) is 11.5. The standard InChI is InChI=1S/C11H23N3O2S/c1-10-7-11(2)9-14(8-10)17(15,16)13-5-3-12-4-6-13/h10-12H,3-9H2,1-2H3/t10-,11-/m1/s1. The summed E-state index contributed by atoms with van der Waals surface area (Å²) < 4.78 is 28.2. The van der Waals surface area contributed by atoms with Gasteiger partial charge in [-0.15, -0.1) is 0 Å². The largest absolute Gasteiger partial charge is 0.314 e. The lowest BCUT2D eigenvalue weighted by molar-refractivity contribution is 0.205. The molecule has 0 spiro atoms. The maximum Gasteiger partial charge on any atom is 0.282 e. The first kappa shape index (κ1) is 13.3. The van der Waals surface area contributed by atoms with Gasteiger partial charge in [-0.1, -0.05) is 13.8 Å². The van der Waals surface area contributed by atoms with Gasteiger partial charge in [0.05, 0.1) is 0 Å². The quantitative estimate of drug-likeness (QED) is 0.768. The SMILES string of the molecule is C[C@@H]1C[C@@H](C)CN(S(=O)(=O)N2CCNCC2)C1. The Morgan fingerprint density at radius 3 is 2.06 bits per heavy atom. The Balaban J connectivity index is 2.08. The van der Waals surface area contributed by atoms with Crippen molar-refractivity contribution in [2.75, 3.05) is 39.3 Å². The van der Waals surface area contributed by atoms with E-state index in [0.29, 0.717) is 38.0 Å². The topological polar surface area (TPSA) is 52.7 Å². The fourth-order valence-corrected chi connectivity index (χ4v) is 4.69. The van der Waals surface area contributed by atoms with Gasteiger partial charge in [-0.05, 0) is 18.3 Å². The third kappa shape index (κ3) is 2.99. The van der Waals surface area contributed by atoms with Gasteiger partial charge in [0, 0.05) is 39.3 Å². The van der Waals surface area contributed by atoms with Crippen molar-refractivity contribution in [3.63, 3.8) is 0 Å². The fourth-order valence-electron chi connectivity index (χ4n) is 2.83. The van der Waals surface area contributed by atoms with E-state index < -0.39 is 10.2 Å². The van der Waals surface area contributed by atoms with Crippen LogP contribution in [0.3, 0.4) is 0 Å². The molecule has 0 aromatic carbocycles. The molecular weight excluding hydrogens is 238 g/mol. The molecule has 2 saturated heterocycles. The van der Waals surface area contributed by atoms with E-state index in [9.17, 15) is 8.42 Å². The first-order valence-corrected chi connectivity index (χ1v) is 7.86. The number of nitrogens with one attached hydrogen (secondary N) is 1. The summed E-state index contributed by atoms with van der Waals surface area (Å²) in [4.78, 5) is 0.